The molecule has 7 rings (SSSR count). The van der Waals surface area contributed by atoms with E-state index in [0.717, 1.165) is 66.9 Å². The van der Waals surface area contributed by atoms with Crippen LogP contribution in [0.5, 0.6) is 0 Å². The lowest BCUT2D eigenvalue weighted by Crippen LogP contribution is -2.32. The van der Waals surface area contributed by atoms with Gasteiger partial charge in [-0.3, -0.25) is 4.68 Å². The molecule has 2 aliphatic heterocycles. The van der Waals surface area contributed by atoms with Gasteiger partial charge in [-0.25, -0.2) is 9.97 Å². The van der Waals surface area contributed by atoms with E-state index in [0.29, 0.717) is 33.3 Å². The Labute approximate surface area is 254 Å². The van der Waals surface area contributed by atoms with Gasteiger partial charge in [0.05, 0.1) is 22.1 Å². The molecule has 0 saturated carbocycles. The van der Waals surface area contributed by atoms with Crippen molar-refractivity contribution in [3.8, 4) is 11.1 Å². The van der Waals surface area contributed by atoms with Gasteiger partial charge in [0.25, 0.3) is 0 Å². The number of likely N-dealkylation sites (tertiary alicyclic amines) is 1. The third-order valence-corrected chi connectivity index (χ3v) is 9.44. The molecule has 0 aliphatic carbocycles. The fourth-order valence-electron chi connectivity index (χ4n) is 6.42. The first kappa shape index (κ1) is 27.2. The van der Waals surface area contributed by atoms with Crippen LogP contribution in [0, 0.1) is 0 Å². The summed E-state index contributed by atoms with van der Waals surface area (Å²) < 4.78 is 3.95. The molecule has 1 fully saturated rings. The van der Waals surface area contributed by atoms with Crippen molar-refractivity contribution in [3.63, 3.8) is 0 Å². The van der Waals surface area contributed by atoms with Crippen molar-refractivity contribution in [2.75, 3.05) is 19.6 Å². The van der Waals surface area contributed by atoms with Gasteiger partial charge >= 0.3 is 0 Å². The molecule has 3 aromatic heterocycles. The molecule has 0 radical (unpaired) electrons. The molecule has 1 saturated heterocycles. The predicted octanol–water partition coefficient (Wildman–Crippen LogP) is 6.35. The van der Waals surface area contributed by atoms with Crippen molar-refractivity contribution < 1.29 is 0 Å². The maximum atomic E-state index is 7.06. The smallest absolute Gasteiger partial charge is 0.228 e. The summed E-state index contributed by atoms with van der Waals surface area (Å²) in [5.41, 5.74) is 12.5. The number of amidine groups is 1. The van der Waals surface area contributed by atoms with Crippen molar-refractivity contribution in [1.29, 1.82) is 0 Å². The zero-order chi connectivity index (χ0) is 28.8. The molecule has 216 valence electrons. The molecular formula is C31H33Cl2N9. The minimum absolute atomic E-state index is 0.319. The van der Waals surface area contributed by atoms with E-state index in [9.17, 15) is 0 Å². The first-order valence-electron chi connectivity index (χ1n) is 14.6. The standard InChI is InChI=1S/C31H33Cl2N9/c1-2-40-14-9-20(10-15-40)19-5-7-21(8-6-19)22-16-24(32)23-17-42(39-27(23)26(22)33)29(30(34)38-31-35-11-12-36-31)28-25-4-3-13-41(25)18-37-28/h5-8,11-12,16-18,20,29H,2-4,9-10,13-15H2,1H3,(H3,34,35,36,38). The van der Waals surface area contributed by atoms with Gasteiger partial charge in [-0.15, -0.1) is 0 Å². The number of nitrogens with zero attached hydrogens (tertiary/aromatic N) is 7. The molecule has 42 heavy (non-hydrogen) atoms. The number of aliphatic imine (C=N–C) groups is 1. The van der Waals surface area contributed by atoms with E-state index in [1.165, 1.54) is 18.4 Å². The monoisotopic (exact) mass is 601 g/mol. The molecule has 2 aliphatic rings. The molecule has 0 bridgehead atoms. The minimum atomic E-state index is -0.550. The van der Waals surface area contributed by atoms with Crippen LogP contribution in [0.25, 0.3) is 22.0 Å². The zero-order valence-electron chi connectivity index (χ0n) is 23.5. The Morgan fingerprint density at radius 1 is 1.14 bits per heavy atom. The number of hydrogen-bond acceptors (Lipinski definition) is 5. The lowest BCUT2D eigenvalue weighted by Gasteiger charge is -2.31. The zero-order valence-corrected chi connectivity index (χ0v) is 25.0. The van der Waals surface area contributed by atoms with Crippen LogP contribution >= 0.6 is 23.2 Å². The Balaban J connectivity index is 1.26. The molecule has 11 heteroatoms. The van der Waals surface area contributed by atoms with E-state index in [1.54, 1.807) is 17.1 Å². The first-order chi connectivity index (χ1) is 20.5. The third kappa shape index (κ3) is 4.89. The first-order valence-corrected chi connectivity index (χ1v) is 15.3. The van der Waals surface area contributed by atoms with Crippen LogP contribution in [0.1, 0.15) is 55.1 Å². The van der Waals surface area contributed by atoms with Gasteiger partial charge in [-0.1, -0.05) is 54.4 Å². The number of nitrogens with one attached hydrogen (secondary N) is 1. The molecule has 5 heterocycles. The molecular weight excluding hydrogens is 569 g/mol. The van der Waals surface area contributed by atoms with E-state index in [4.69, 9.17) is 39.0 Å². The second kappa shape index (κ2) is 11.2. The van der Waals surface area contributed by atoms with Crippen molar-refractivity contribution in [2.45, 2.75) is 51.1 Å². The van der Waals surface area contributed by atoms with Crippen LogP contribution in [0.4, 0.5) is 5.95 Å². The van der Waals surface area contributed by atoms with E-state index < -0.39 is 6.04 Å². The van der Waals surface area contributed by atoms with Crippen molar-refractivity contribution in [1.82, 2.24) is 34.2 Å². The second-order valence-electron chi connectivity index (χ2n) is 11.1. The highest BCUT2D eigenvalue weighted by Crippen LogP contribution is 2.40. The average Bonchev–Trinajstić information content (AvgIpc) is 3.82. The van der Waals surface area contributed by atoms with E-state index in [1.807, 2.05) is 18.6 Å². The highest BCUT2D eigenvalue weighted by molar-refractivity contribution is 6.42. The van der Waals surface area contributed by atoms with Crippen LogP contribution in [-0.2, 0) is 13.0 Å². The number of H-pyrrole nitrogens is 1. The molecule has 5 aromatic rings. The quantitative estimate of drug-likeness (QED) is 0.167. The Morgan fingerprint density at radius 2 is 1.95 bits per heavy atom. The lowest BCUT2D eigenvalue weighted by molar-refractivity contribution is 0.222. The Hall–Kier alpha value is -3.66. The summed E-state index contributed by atoms with van der Waals surface area (Å²) in [7, 11) is 0. The highest BCUT2D eigenvalue weighted by atomic mass is 35.5. The number of nitrogens with two attached hydrogens (primary N) is 1. The van der Waals surface area contributed by atoms with E-state index in [-0.39, 0.29) is 0 Å². The number of rotatable bonds is 7. The number of halogens is 2. The van der Waals surface area contributed by atoms with Crippen LogP contribution < -0.4 is 5.73 Å². The van der Waals surface area contributed by atoms with E-state index in [2.05, 4.69) is 55.6 Å². The fourth-order valence-corrected chi connectivity index (χ4v) is 6.97. The molecule has 0 amide bonds. The Bertz CT molecular complexity index is 1740. The summed E-state index contributed by atoms with van der Waals surface area (Å²) in [6.07, 6.45) is 11.5. The Morgan fingerprint density at radius 3 is 2.69 bits per heavy atom. The molecule has 3 N–H and O–H groups in total. The van der Waals surface area contributed by atoms with Gasteiger partial charge in [0.15, 0.2) is 6.04 Å². The molecule has 1 unspecified atom stereocenters. The average molecular weight is 603 g/mol. The summed E-state index contributed by atoms with van der Waals surface area (Å²) in [4.78, 5) is 19.0. The SMILES string of the molecule is CCN1CCC(c2ccc(-c3cc(Cl)c4cn(C(C(N)=Nc5ncc[nH]5)c5ncn6c5CCC6)nc4c3Cl)cc2)CC1. The van der Waals surface area contributed by atoms with Crippen LogP contribution in [0.2, 0.25) is 10.0 Å². The molecule has 9 nitrogen and oxygen atoms in total. The van der Waals surface area contributed by atoms with Gasteiger partial charge in [0.1, 0.15) is 11.4 Å². The third-order valence-electron chi connectivity index (χ3n) is 8.75. The van der Waals surface area contributed by atoms with Gasteiger partial charge < -0.3 is 20.2 Å². The van der Waals surface area contributed by atoms with Crippen molar-refractivity contribution in [3.05, 3.63) is 82.2 Å². The maximum Gasteiger partial charge on any atom is 0.228 e. The van der Waals surface area contributed by atoms with Gasteiger partial charge in [0, 0.05) is 41.8 Å². The minimum Gasteiger partial charge on any atom is -0.385 e. The highest BCUT2D eigenvalue weighted by Gasteiger charge is 2.30. The fraction of sp³-hybridized carbons (Fsp3) is 0.355. The number of aromatic amines is 1. The van der Waals surface area contributed by atoms with E-state index >= 15 is 0 Å². The summed E-state index contributed by atoms with van der Waals surface area (Å²) in [6, 6.07) is 10.1. The number of piperidine rings is 1. The number of fused-ring (bicyclic) bond motifs is 2. The molecule has 0 spiro atoms. The second-order valence-corrected chi connectivity index (χ2v) is 11.9. The van der Waals surface area contributed by atoms with Crippen LogP contribution in [-0.4, -0.2) is 59.7 Å². The largest absolute Gasteiger partial charge is 0.385 e. The maximum absolute atomic E-state index is 7.06. The summed E-state index contributed by atoms with van der Waals surface area (Å²) >= 11 is 13.9. The van der Waals surface area contributed by atoms with Crippen LogP contribution in [0.3, 0.4) is 0 Å². The van der Waals surface area contributed by atoms with Crippen molar-refractivity contribution >= 4 is 45.9 Å². The number of hydrogen-bond donors (Lipinski definition) is 2. The van der Waals surface area contributed by atoms with Gasteiger partial charge in [-0.2, -0.15) is 10.1 Å². The topological polar surface area (TPSA) is 106 Å². The number of aromatic nitrogens is 6. The summed E-state index contributed by atoms with van der Waals surface area (Å²) in [6.45, 7) is 6.60. The number of imidazole rings is 2. The predicted molar refractivity (Wildman–Crippen MR) is 168 cm³/mol. The van der Waals surface area contributed by atoms with Gasteiger partial charge in [0.2, 0.25) is 5.95 Å². The number of aryl methyl sites for hydroxylation is 1. The lowest BCUT2D eigenvalue weighted by atomic mass is 9.88. The molecule has 2 aromatic carbocycles. The normalized spacial score (nSPS) is 17.3. The number of benzene rings is 2. The van der Waals surface area contributed by atoms with Crippen molar-refractivity contribution in [2.24, 2.45) is 10.7 Å². The van der Waals surface area contributed by atoms with Gasteiger partial charge in [-0.05, 0) is 68.4 Å². The van der Waals surface area contributed by atoms with Crippen LogP contribution in [0.15, 0.2) is 60.2 Å². The molecule has 1 atom stereocenters. The summed E-state index contributed by atoms with van der Waals surface area (Å²) in [5, 5.41) is 6.82. The Kier molecular flexibility index (Phi) is 7.25. The summed E-state index contributed by atoms with van der Waals surface area (Å²) in [5.74, 6) is 1.33.